The second-order valence-corrected chi connectivity index (χ2v) is 5.77. The first-order valence-electron chi connectivity index (χ1n) is 8.52. The fourth-order valence-electron chi connectivity index (χ4n) is 2.67. The van der Waals surface area contributed by atoms with Gasteiger partial charge in [-0.2, -0.15) is 5.26 Å². The number of hydrogen-bond donors (Lipinski definition) is 2. The zero-order valence-corrected chi connectivity index (χ0v) is 17.0. The van der Waals surface area contributed by atoms with Crippen LogP contribution in [-0.2, 0) is 11.3 Å². The first-order chi connectivity index (χ1) is 11.7. The number of nitrogens with zero attached hydrogens (tertiary/aromatic N) is 3. The molecule has 0 unspecified atom stereocenters. The van der Waals surface area contributed by atoms with E-state index in [2.05, 4.69) is 21.7 Å². The molecule has 25 heavy (non-hydrogen) atoms. The van der Waals surface area contributed by atoms with Crippen molar-refractivity contribution in [3.63, 3.8) is 0 Å². The molecular formula is C18H26IN5O. The van der Waals surface area contributed by atoms with Crippen molar-refractivity contribution in [2.45, 2.75) is 32.7 Å². The Morgan fingerprint density at radius 3 is 2.92 bits per heavy atom. The lowest BCUT2D eigenvalue weighted by molar-refractivity contribution is -0.127. The standard InChI is InChI=1S/C18H25N5O.HI/c1-2-20-18(21-9-5-11-23-10-4-8-17(23)24)22-14-16-7-3-6-15(12-16)13-19;/h3,6-7,12H,2,4-5,8-11,14H2,1H3,(H2,20,21,22);1H. The van der Waals surface area contributed by atoms with Gasteiger partial charge in [-0.15, -0.1) is 24.0 Å². The van der Waals surface area contributed by atoms with Gasteiger partial charge >= 0.3 is 0 Å². The van der Waals surface area contributed by atoms with Crippen molar-refractivity contribution in [2.24, 2.45) is 4.99 Å². The second kappa shape index (κ2) is 11.7. The van der Waals surface area contributed by atoms with Crippen molar-refractivity contribution in [3.8, 4) is 6.07 Å². The van der Waals surface area contributed by atoms with Crippen LogP contribution in [0.15, 0.2) is 29.3 Å². The summed E-state index contributed by atoms with van der Waals surface area (Å²) in [6, 6.07) is 9.62. The highest BCUT2D eigenvalue weighted by Gasteiger charge is 2.18. The topological polar surface area (TPSA) is 80.5 Å². The molecule has 2 N–H and O–H groups in total. The average Bonchev–Trinajstić information content (AvgIpc) is 3.01. The van der Waals surface area contributed by atoms with Crippen LogP contribution < -0.4 is 10.6 Å². The van der Waals surface area contributed by atoms with Crippen molar-refractivity contribution in [2.75, 3.05) is 26.2 Å². The molecule has 0 spiro atoms. The molecule has 136 valence electrons. The van der Waals surface area contributed by atoms with Crippen molar-refractivity contribution in [3.05, 3.63) is 35.4 Å². The summed E-state index contributed by atoms with van der Waals surface area (Å²) in [7, 11) is 0. The fraction of sp³-hybridized carbons (Fsp3) is 0.500. The normalized spacial score (nSPS) is 14.0. The van der Waals surface area contributed by atoms with Crippen LogP contribution in [-0.4, -0.2) is 42.9 Å². The molecule has 2 rings (SSSR count). The molecule has 1 heterocycles. The predicted molar refractivity (Wildman–Crippen MR) is 110 cm³/mol. The van der Waals surface area contributed by atoms with E-state index in [0.717, 1.165) is 50.5 Å². The van der Waals surface area contributed by atoms with Crippen molar-refractivity contribution >= 4 is 35.8 Å². The Morgan fingerprint density at radius 2 is 2.24 bits per heavy atom. The lowest BCUT2D eigenvalue weighted by atomic mass is 10.1. The van der Waals surface area contributed by atoms with Crippen LogP contribution in [0.1, 0.15) is 37.3 Å². The molecule has 0 aromatic heterocycles. The van der Waals surface area contributed by atoms with E-state index in [1.807, 2.05) is 30.0 Å². The minimum absolute atomic E-state index is 0. The lowest BCUT2D eigenvalue weighted by Gasteiger charge is -2.16. The number of guanidine groups is 1. The number of halogens is 1. The van der Waals surface area contributed by atoms with Gasteiger partial charge in [-0.1, -0.05) is 12.1 Å². The third-order valence-electron chi connectivity index (χ3n) is 3.89. The molecule has 1 aliphatic rings. The molecule has 0 radical (unpaired) electrons. The summed E-state index contributed by atoms with van der Waals surface area (Å²) in [5.74, 6) is 1.03. The summed E-state index contributed by atoms with van der Waals surface area (Å²) < 4.78 is 0. The smallest absolute Gasteiger partial charge is 0.222 e. The predicted octanol–water partition coefficient (Wildman–Crippen LogP) is 2.24. The number of aliphatic imine (C=N–C) groups is 1. The summed E-state index contributed by atoms with van der Waals surface area (Å²) >= 11 is 0. The van der Waals surface area contributed by atoms with E-state index in [9.17, 15) is 4.79 Å². The van der Waals surface area contributed by atoms with Crippen LogP contribution in [0.3, 0.4) is 0 Å². The summed E-state index contributed by atoms with van der Waals surface area (Å²) in [6.07, 6.45) is 2.58. The van der Waals surface area contributed by atoms with Crippen LogP contribution in [0.4, 0.5) is 0 Å². The summed E-state index contributed by atoms with van der Waals surface area (Å²) in [5.41, 5.74) is 1.66. The molecule has 1 saturated heterocycles. The van der Waals surface area contributed by atoms with Crippen LogP contribution in [0, 0.1) is 11.3 Å². The van der Waals surface area contributed by atoms with Gasteiger partial charge in [-0.05, 0) is 37.5 Å². The van der Waals surface area contributed by atoms with Crippen molar-refractivity contribution in [1.82, 2.24) is 15.5 Å². The van der Waals surface area contributed by atoms with Gasteiger partial charge in [0.25, 0.3) is 0 Å². The Morgan fingerprint density at radius 1 is 1.40 bits per heavy atom. The molecular weight excluding hydrogens is 429 g/mol. The van der Waals surface area contributed by atoms with Crippen molar-refractivity contribution in [1.29, 1.82) is 5.26 Å². The maximum absolute atomic E-state index is 11.6. The number of amides is 1. The van der Waals surface area contributed by atoms with Crippen LogP contribution in [0.5, 0.6) is 0 Å². The molecule has 0 saturated carbocycles. The Kier molecular flexibility index (Phi) is 9.92. The monoisotopic (exact) mass is 455 g/mol. The highest BCUT2D eigenvalue weighted by atomic mass is 127. The zero-order valence-electron chi connectivity index (χ0n) is 14.6. The van der Waals surface area contributed by atoms with Crippen LogP contribution >= 0.6 is 24.0 Å². The third kappa shape index (κ3) is 7.30. The Hall–Kier alpha value is -1.82. The molecule has 1 aliphatic heterocycles. The second-order valence-electron chi connectivity index (χ2n) is 5.77. The van der Waals surface area contributed by atoms with Crippen molar-refractivity contribution < 1.29 is 4.79 Å². The summed E-state index contributed by atoms with van der Waals surface area (Å²) in [6.45, 7) is 5.80. The number of nitrogens with one attached hydrogen (secondary N) is 2. The fourth-order valence-corrected chi connectivity index (χ4v) is 2.67. The molecule has 1 amide bonds. The Balaban J connectivity index is 0.00000312. The van der Waals surface area contributed by atoms with Gasteiger partial charge in [0.2, 0.25) is 5.91 Å². The molecule has 6 nitrogen and oxygen atoms in total. The van der Waals surface area contributed by atoms with E-state index < -0.39 is 0 Å². The molecule has 0 bridgehead atoms. The van der Waals surface area contributed by atoms with E-state index in [0.29, 0.717) is 18.5 Å². The number of likely N-dealkylation sites (tertiary alicyclic amines) is 1. The number of carbonyl (C=O) groups is 1. The van der Waals surface area contributed by atoms with Gasteiger partial charge in [0.1, 0.15) is 0 Å². The van der Waals surface area contributed by atoms with E-state index in [-0.39, 0.29) is 29.9 Å². The highest BCUT2D eigenvalue weighted by Crippen LogP contribution is 2.09. The largest absolute Gasteiger partial charge is 0.357 e. The van der Waals surface area contributed by atoms with Gasteiger partial charge in [0, 0.05) is 32.6 Å². The zero-order chi connectivity index (χ0) is 17.2. The minimum Gasteiger partial charge on any atom is -0.357 e. The molecule has 0 atom stereocenters. The summed E-state index contributed by atoms with van der Waals surface area (Å²) in [5, 5.41) is 15.4. The van der Waals surface area contributed by atoms with E-state index in [1.54, 1.807) is 6.07 Å². The highest BCUT2D eigenvalue weighted by molar-refractivity contribution is 14.0. The molecule has 7 heteroatoms. The third-order valence-corrected chi connectivity index (χ3v) is 3.89. The molecule has 0 aliphatic carbocycles. The van der Waals surface area contributed by atoms with Crippen LogP contribution in [0.25, 0.3) is 0 Å². The van der Waals surface area contributed by atoms with Gasteiger partial charge in [0.15, 0.2) is 5.96 Å². The van der Waals surface area contributed by atoms with Gasteiger partial charge in [-0.3, -0.25) is 4.79 Å². The van der Waals surface area contributed by atoms with Gasteiger partial charge in [-0.25, -0.2) is 4.99 Å². The Labute approximate surface area is 166 Å². The van der Waals surface area contributed by atoms with E-state index in [1.165, 1.54) is 0 Å². The lowest BCUT2D eigenvalue weighted by Crippen LogP contribution is -2.39. The van der Waals surface area contributed by atoms with Crippen LogP contribution in [0.2, 0.25) is 0 Å². The quantitative estimate of drug-likeness (QED) is 0.286. The van der Waals surface area contributed by atoms with E-state index in [4.69, 9.17) is 5.26 Å². The first kappa shape index (κ1) is 21.2. The molecule has 1 fully saturated rings. The van der Waals surface area contributed by atoms with E-state index >= 15 is 0 Å². The number of hydrogen-bond acceptors (Lipinski definition) is 3. The van der Waals surface area contributed by atoms with Gasteiger partial charge in [0.05, 0.1) is 18.2 Å². The average molecular weight is 455 g/mol. The maximum atomic E-state index is 11.6. The number of carbonyl (C=O) groups excluding carboxylic acids is 1. The Bertz CT molecular complexity index is 626. The number of benzene rings is 1. The molecule has 1 aromatic rings. The number of rotatable bonds is 7. The minimum atomic E-state index is 0. The maximum Gasteiger partial charge on any atom is 0.222 e. The molecule has 1 aromatic carbocycles. The SMILES string of the molecule is CCNC(=NCc1cccc(C#N)c1)NCCCN1CCCC1=O.I. The summed E-state index contributed by atoms with van der Waals surface area (Å²) in [4.78, 5) is 18.0. The van der Waals surface area contributed by atoms with Gasteiger partial charge < -0.3 is 15.5 Å². The number of nitriles is 1. The first-order valence-corrected chi connectivity index (χ1v) is 8.52.